The lowest BCUT2D eigenvalue weighted by atomic mass is 10.1. The summed E-state index contributed by atoms with van der Waals surface area (Å²) in [6.45, 7) is 1.09. The van der Waals surface area contributed by atoms with Crippen molar-refractivity contribution in [2.45, 2.75) is 13.0 Å². The molecule has 7 heteroatoms. The largest absolute Gasteiger partial charge is 0.493 e. The van der Waals surface area contributed by atoms with Crippen molar-refractivity contribution in [1.82, 2.24) is 4.90 Å². The average Bonchev–Trinajstić information content (AvgIpc) is 3.17. The second-order valence-corrected chi connectivity index (χ2v) is 6.21. The van der Waals surface area contributed by atoms with Crippen molar-refractivity contribution in [2.75, 3.05) is 20.2 Å². The van der Waals surface area contributed by atoms with Crippen molar-refractivity contribution in [3.8, 4) is 11.5 Å². The lowest BCUT2D eigenvalue weighted by Gasteiger charge is -2.17. The number of carbonyl (C=O) groups is 2. The number of carbonyl (C=O) groups excluding carboxylic acids is 1. The number of amides is 1. The van der Waals surface area contributed by atoms with Crippen LogP contribution in [0.2, 0.25) is 0 Å². The summed E-state index contributed by atoms with van der Waals surface area (Å²) in [5.41, 5.74) is 1.49. The molecule has 144 valence electrons. The Morgan fingerprint density at radius 3 is 2.52 bits per heavy atom. The van der Waals surface area contributed by atoms with Gasteiger partial charge in [0.05, 0.1) is 13.0 Å². The van der Waals surface area contributed by atoms with E-state index in [1.54, 1.807) is 23.1 Å². The van der Waals surface area contributed by atoms with Gasteiger partial charge in [0.15, 0.2) is 11.5 Å². The van der Waals surface area contributed by atoms with E-state index in [1.165, 1.54) is 7.11 Å². The molecule has 1 aliphatic rings. The number of halogens is 1. The van der Waals surface area contributed by atoms with Gasteiger partial charge in [-0.1, -0.05) is 30.3 Å². The third-order valence-electron chi connectivity index (χ3n) is 4.47. The zero-order chi connectivity index (χ0) is 18.5. The molecule has 1 amide bonds. The summed E-state index contributed by atoms with van der Waals surface area (Å²) in [7, 11) is 1.52. The number of carboxylic acids is 1. The molecule has 1 fully saturated rings. The van der Waals surface area contributed by atoms with Gasteiger partial charge in [0.1, 0.15) is 6.61 Å². The number of rotatable bonds is 6. The third kappa shape index (κ3) is 4.92. The van der Waals surface area contributed by atoms with E-state index in [-0.39, 0.29) is 24.9 Å². The van der Waals surface area contributed by atoms with Gasteiger partial charge in [0, 0.05) is 18.7 Å². The van der Waals surface area contributed by atoms with E-state index in [0.29, 0.717) is 36.6 Å². The van der Waals surface area contributed by atoms with Crippen molar-refractivity contribution in [3.05, 3.63) is 59.7 Å². The highest BCUT2D eigenvalue weighted by Crippen LogP contribution is 2.30. The highest BCUT2D eigenvalue weighted by atomic mass is 35.5. The van der Waals surface area contributed by atoms with Crippen molar-refractivity contribution in [1.29, 1.82) is 0 Å². The summed E-state index contributed by atoms with van der Waals surface area (Å²) in [6.07, 6.45) is 0.483. The molecule has 0 bridgehead atoms. The van der Waals surface area contributed by atoms with Crippen LogP contribution in [-0.4, -0.2) is 42.1 Å². The number of hydrogen-bond donors (Lipinski definition) is 1. The molecule has 1 atom stereocenters. The Balaban J connectivity index is 0.00000261. The molecule has 0 spiro atoms. The van der Waals surface area contributed by atoms with E-state index in [2.05, 4.69) is 0 Å². The molecule has 6 nitrogen and oxygen atoms in total. The summed E-state index contributed by atoms with van der Waals surface area (Å²) in [6, 6.07) is 14.8. The molecule has 0 saturated carbocycles. The average molecular weight is 392 g/mol. The van der Waals surface area contributed by atoms with Crippen LogP contribution in [0.25, 0.3) is 0 Å². The molecular weight excluding hydrogens is 370 g/mol. The number of methoxy groups -OCH3 is 1. The SMILES string of the molecule is COc1cc(C(=O)N2CCC(C(=O)O)C2)ccc1OCc1ccccc1.Cl. The van der Waals surface area contributed by atoms with Gasteiger partial charge in [-0.25, -0.2) is 0 Å². The summed E-state index contributed by atoms with van der Waals surface area (Å²) < 4.78 is 11.2. The minimum absolute atomic E-state index is 0. The van der Waals surface area contributed by atoms with Crippen LogP contribution in [0.3, 0.4) is 0 Å². The van der Waals surface area contributed by atoms with Gasteiger partial charge >= 0.3 is 5.97 Å². The van der Waals surface area contributed by atoms with Crippen molar-refractivity contribution < 1.29 is 24.2 Å². The maximum Gasteiger partial charge on any atom is 0.308 e. The van der Waals surface area contributed by atoms with Crippen LogP contribution in [0.4, 0.5) is 0 Å². The minimum atomic E-state index is -0.859. The van der Waals surface area contributed by atoms with Crippen LogP contribution in [0.1, 0.15) is 22.3 Å². The molecular formula is C20H22ClNO5. The Morgan fingerprint density at radius 1 is 1.15 bits per heavy atom. The quantitative estimate of drug-likeness (QED) is 0.818. The first-order valence-corrected chi connectivity index (χ1v) is 8.45. The lowest BCUT2D eigenvalue weighted by Crippen LogP contribution is -2.29. The maximum absolute atomic E-state index is 12.6. The summed E-state index contributed by atoms with van der Waals surface area (Å²) >= 11 is 0. The second kappa shape index (κ2) is 9.28. The van der Waals surface area contributed by atoms with Gasteiger partial charge in [0.25, 0.3) is 5.91 Å². The fraction of sp³-hybridized carbons (Fsp3) is 0.300. The van der Waals surface area contributed by atoms with E-state index in [4.69, 9.17) is 14.6 Å². The zero-order valence-corrected chi connectivity index (χ0v) is 15.8. The van der Waals surface area contributed by atoms with Gasteiger partial charge in [-0.15, -0.1) is 12.4 Å². The van der Waals surface area contributed by atoms with Crippen molar-refractivity contribution >= 4 is 24.3 Å². The summed E-state index contributed by atoms with van der Waals surface area (Å²) in [5, 5.41) is 9.08. The Morgan fingerprint density at radius 2 is 1.89 bits per heavy atom. The van der Waals surface area contributed by atoms with Gasteiger partial charge in [-0.2, -0.15) is 0 Å². The number of hydrogen-bond acceptors (Lipinski definition) is 4. The van der Waals surface area contributed by atoms with E-state index in [1.807, 2.05) is 30.3 Å². The normalized spacial score (nSPS) is 15.7. The van der Waals surface area contributed by atoms with E-state index in [0.717, 1.165) is 5.56 Å². The predicted octanol–water partition coefficient (Wildman–Crippen LogP) is 3.24. The Hall–Kier alpha value is -2.73. The standard InChI is InChI=1S/C20H21NO5.ClH/c1-25-18-11-15(19(22)21-10-9-16(12-21)20(23)24)7-8-17(18)26-13-14-5-3-2-4-6-14;/h2-8,11,16H,9-10,12-13H2,1H3,(H,23,24);1H. The van der Waals surface area contributed by atoms with Crippen molar-refractivity contribution in [3.63, 3.8) is 0 Å². The number of nitrogens with zero attached hydrogens (tertiary/aromatic N) is 1. The van der Waals surface area contributed by atoms with Gasteiger partial charge in [-0.3, -0.25) is 9.59 Å². The molecule has 0 radical (unpaired) electrons. The Labute approximate surface area is 164 Å². The molecule has 0 aliphatic carbocycles. The van der Waals surface area contributed by atoms with Crippen LogP contribution in [0.15, 0.2) is 48.5 Å². The van der Waals surface area contributed by atoms with Gasteiger partial charge < -0.3 is 19.5 Å². The summed E-state index contributed by atoms with van der Waals surface area (Å²) in [5.74, 6) is -0.517. The van der Waals surface area contributed by atoms with Gasteiger partial charge in [-0.05, 0) is 30.2 Å². The first-order valence-electron chi connectivity index (χ1n) is 8.45. The van der Waals surface area contributed by atoms with Crippen LogP contribution >= 0.6 is 12.4 Å². The predicted molar refractivity (Wildman–Crippen MR) is 103 cm³/mol. The van der Waals surface area contributed by atoms with Crippen LogP contribution in [0, 0.1) is 5.92 Å². The Kier molecular flexibility index (Phi) is 7.07. The number of aliphatic carboxylic acids is 1. The zero-order valence-electron chi connectivity index (χ0n) is 15.0. The Bertz CT molecular complexity index is 796. The van der Waals surface area contributed by atoms with Crippen LogP contribution < -0.4 is 9.47 Å². The molecule has 27 heavy (non-hydrogen) atoms. The van der Waals surface area contributed by atoms with Crippen LogP contribution in [0.5, 0.6) is 11.5 Å². The van der Waals surface area contributed by atoms with E-state index < -0.39 is 11.9 Å². The molecule has 2 aromatic rings. The van der Waals surface area contributed by atoms with Crippen molar-refractivity contribution in [2.24, 2.45) is 5.92 Å². The lowest BCUT2D eigenvalue weighted by molar-refractivity contribution is -0.141. The summed E-state index contributed by atoms with van der Waals surface area (Å²) in [4.78, 5) is 25.2. The first kappa shape index (κ1) is 20.6. The maximum atomic E-state index is 12.6. The number of likely N-dealkylation sites (tertiary alicyclic amines) is 1. The fourth-order valence-electron chi connectivity index (χ4n) is 2.98. The molecule has 2 aromatic carbocycles. The number of benzene rings is 2. The highest BCUT2D eigenvalue weighted by Gasteiger charge is 2.31. The van der Waals surface area contributed by atoms with Crippen LogP contribution in [-0.2, 0) is 11.4 Å². The smallest absolute Gasteiger partial charge is 0.308 e. The number of ether oxygens (including phenoxy) is 2. The van der Waals surface area contributed by atoms with E-state index >= 15 is 0 Å². The molecule has 1 aliphatic heterocycles. The monoisotopic (exact) mass is 391 g/mol. The minimum Gasteiger partial charge on any atom is -0.493 e. The van der Waals surface area contributed by atoms with Gasteiger partial charge in [0.2, 0.25) is 0 Å². The molecule has 1 unspecified atom stereocenters. The number of carboxylic acid groups (broad SMARTS) is 1. The fourth-order valence-corrected chi connectivity index (χ4v) is 2.98. The van der Waals surface area contributed by atoms with E-state index in [9.17, 15) is 9.59 Å². The first-order chi connectivity index (χ1) is 12.6. The molecule has 1 N–H and O–H groups in total. The topological polar surface area (TPSA) is 76.1 Å². The molecule has 1 heterocycles. The highest BCUT2D eigenvalue weighted by molar-refractivity contribution is 5.95. The third-order valence-corrected chi connectivity index (χ3v) is 4.47. The molecule has 3 rings (SSSR count). The molecule has 1 saturated heterocycles. The second-order valence-electron chi connectivity index (χ2n) is 6.21. The molecule has 0 aromatic heterocycles.